The van der Waals surface area contributed by atoms with Gasteiger partial charge in [-0.1, -0.05) is 11.6 Å². The van der Waals surface area contributed by atoms with E-state index in [0.717, 1.165) is 12.8 Å². The van der Waals surface area contributed by atoms with Crippen LogP contribution >= 0.6 is 11.6 Å². The zero-order chi connectivity index (χ0) is 18.8. The molecule has 1 amide bonds. The molecule has 1 aromatic rings. The van der Waals surface area contributed by atoms with Gasteiger partial charge in [0.05, 0.1) is 0 Å². The van der Waals surface area contributed by atoms with E-state index in [1.165, 1.54) is 0 Å². The maximum atomic E-state index is 12.2. The number of hydrogen-bond donors (Lipinski definition) is 2. The molecule has 0 saturated carbocycles. The van der Waals surface area contributed by atoms with Crippen molar-refractivity contribution in [3.8, 4) is 0 Å². The molecule has 0 bridgehead atoms. The minimum Gasteiger partial charge on any atom is -0.476 e. The van der Waals surface area contributed by atoms with E-state index in [9.17, 15) is 14.7 Å². The van der Waals surface area contributed by atoms with Gasteiger partial charge < -0.3 is 20.1 Å². The third-order valence-electron chi connectivity index (χ3n) is 3.58. The van der Waals surface area contributed by atoms with Crippen LogP contribution in [0.4, 0.5) is 10.6 Å². The van der Waals surface area contributed by atoms with Crippen LogP contribution in [0.2, 0.25) is 5.02 Å². The van der Waals surface area contributed by atoms with E-state index in [1.54, 1.807) is 11.8 Å². The number of aromatic nitrogens is 2. The van der Waals surface area contributed by atoms with Gasteiger partial charge in [-0.05, 0) is 40.5 Å². The van der Waals surface area contributed by atoms with Crippen LogP contribution in [0.5, 0.6) is 0 Å². The summed E-state index contributed by atoms with van der Waals surface area (Å²) in [5.41, 5.74) is -0.794. The zero-order valence-corrected chi connectivity index (χ0v) is 15.6. The summed E-state index contributed by atoms with van der Waals surface area (Å²) >= 11 is 6.11. The van der Waals surface area contributed by atoms with Gasteiger partial charge >= 0.3 is 12.1 Å². The number of amides is 1. The number of rotatable bonds is 3. The van der Waals surface area contributed by atoms with Crippen molar-refractivity contribution in [1.82, 2.24) is 14.9 Å². The van der Waals surface area contributed by atoms with Crippen molar-refractivity contribution in [3.05, 3.63) is 16.5 Å². The summed E-state index contributed by atoms with van der Waals surface area (Å²) in [7, 11) is 0. The minimum absolute atomic E-state index is 0.0347. The van der Waals surface area contributed by atoms with Crippen molar-refractivity contribution >= 4 is 29.5 Å². The SMILES string of the molecule is Cc1nc(N[C@H]2CCCN(C(=O)OC(C)(C)C)C2)c(Cl)c(C(=O)O)n1. The van der Waals surface area contributed by atoms with Gasteiger partial charge in [0, 0.05) is 19.1 Å². The molecule has 2 rings (SSSR count). The van der Waals surface area contributed by atoms with Gasteiger partial charge in [-0.2, -0.15) is 0 Å². The largest absolute Gasteiger partial charge is 0.476 e. The van der Waals surface area contributed by atoms with Crippen LogP contribution in [0.3, 0.4) is 0 Å². The Bertz CT molecular complexity index is 675. The summed E-state index contributed by atoms with van der Waals surface area (Å²) in [6.45, 7) is 8.10. The Labute approximate surface area is 151 Å². The van der Waals surface area contributed by atoms with Gasteiger partial charge in [0.25, 0.3) is 0 Å². The first-order valence-corrected chi connectivity index (χ1v) is 8.46. The van der Waals surface area contributed by atoms with Gasteiger partial charge in [-0.15, -0.1) is 0 Å². The lowest BCUT2D eigenvalue weighted by Crippen LogP contribution is -2.47. The average molecular weight is 371 g/mol. The highest BCUT2D eigenvalue weighted by Crippen LogP contribution is 2.25. The Morgan fingerprint density at radius 1 is 1.36 bits per heavy atom. The van der Waals surface area contributed by atoms with E-state index in [1.807, 2.05) is 20.8 Å². The van der Waals surface area contributed by atoms with E-state index < -0.39 is 11.6 Å². The highest BCUT2D eigenvalue weighted by atomic mass is 35.5. The quantitative estimate of drug-likeness (QED) is 0.842. The monoisotopic (exact) mass is 370 g/mol. The third-order valence-corrected chi connectivity index (χ3v) is 3.94. The number of halogens is 1. The number of hydrogen-bond acceptors (Lipinski definition) is 6. The second kappa shape index (κ2) is 7.43. The topological polar surface area (TPSA) is 105 Å². The predicted molar refractivity (Wildman–Crippen MR) is 93.2 cm³/mol. The number of nitrogens with one attached hydrogen (secondary N) is 1. The average Bonchev–Trinajstić information content (AvgIpc) is 2.49. The highest BCUT2D eigenvalue weighted by molar-refractivity contribution is 6.35. The Hall–Kier alpha value is -2.09. The number of nitrogens with zero attached hydrogens (tertiary/aromatic N) is 3. The van der Waals surface area contributed by atoms with Crippen molar-refractivity contribution in [2.45, 2.75) is 52.2 Å². The summed E-state index contributed by atoms with van der Waals surface area (Å²) in [5, 5.41) is 12.3. The molecule has 138 valence electrons. The molecule has 9 heteroatoms. The van der Waals surface area contributed by atoms with Crippen molar-refractivity contribution in [2.24, 2.45) is 0 Å². The maximum absolute atomic E-state index is 12.2. The number of anilines is 1. The molecule has 1 fully saturated rings. The smallest absolute Gasteiger partial charge is 0.410 e. The fraction of sp³-hybridized carbons (Fsp3) is 0.625. The van der Waals surface area contributed by atoms with Gasteiger partial charge in [-0.25, -0.2) is 19.6 Å². The second-order valence-electron chi connectivity index (χ2n) is 7.00. The number of carbonyl (C=O) groups excluding carboxylic acids is 1. The lowest BCUT2D eigenvalue weighted by atomic mass is 10.1. The molecular formula is C16H23ClN4O4. The number of piperidine rings is 1. The number of carboxylic acids is 1. The molecule has 0 aromatic carbocycles. The Kier molecular flexibility index (Phi) is 5.72. The third kappa shape index (κ3) is 5.19. The first-order chi connectivity index (χ1) is 11.6. The van der Waals surface area contributed by atoms with E-state index >= 15 is 0 Å². The summed E-state index contributed by atoms with van der Waals surface area (Å²) in [6.07, 6.45) is 1.24. The van der Waals surface area contributed by atoms with Crippen LogP contribution in [0.1, 0.15) is 49.9 Å². The first kappa shape index (κ1) is 19.2. The number of carbonyl (C=O) groups is 2. The number of carboxylic acid groups (broad SMARTS) is 1. The predicted octanol–water partition coefficient (Wildman–Crippen LogP) is 2.95. The van der Waals surface area contributed by atoms with Crippen molar-refractivity contribution in [1.29, 1.82) is 0 Å². The van der Waals surface area contributed by atoms with Gasteiger partial charge in [-0.3, -0.25) is 0 Å². The van der Waals surface area contributed by atoms with Gasteiger partial charge in [0.2, 0.25) is 0 Å². The zero-order valence-electron chi connectivity index (χ0n) is 14.8. The summed E-state index contributed by atoms with van der Waals surface area (Å²) in [5.74, 6) is -0.635. The summed E-state index contributed by atoms with van der Waals surface area (Å²) in [4.78, 5) is 33.1. The van der Waals surface area contributed by atoms with E-state index in [4.69, 9.17) is 16.3 Å². The molecule has 1 saturated heterocycles. The van der Waals surface area contributed by atoms with Crippen LogP contribution in [-0.4, -0.2) is 56.8 Å². The van der Waals surface area contributed by atoms with Crippen molar-refractivity contribution in [3.63, 3.8) is 0 Å². The van der Waals surface area contributed by atoms with Crippen molar-refractivity contribution in [2.75, 3.05) is 18.4 Å². The molecule has 1 aromatic heterocycles. The minimum atomic E-state index is -1.21. The number of aromatic carboxylic acids is 1. The van der Waals surface area contributed by atoms with Crippen LogP contribution in [0.25, 0.3) is 0 Å². The van der Waals surface area contributed by atoms with Gasteiger partial charge in [0.15, 0.2) is 5.69 Å². The number of ether oxygens (including phenoxy) is 1. The van der Waals surface area contributed by atoms with E-state index in [2.05, 4.69) is 15.3 Å². The second-order valence-corrected chi connectivity index (χ2v) is 7.37. The molecule has 1 aliphatic rings. The lowest BCUT2D eigenvalue weighted by molar-refractivity contribution is 0.0206. The fourth-order valence-corrected chi connectivity index (χ4v) is 2.80. The van der Waals surface area contributed by atoms with Crippen LogP contribution in [-0.2, 0) is 4.74 Å². The summed E-state index contributed by atoms with van der Waals surface area (Å²) < 4.78 is 5.40. The molecule has 0 aliphatic carbocycles. The first-order valence-electron chi connectivity index (χ1n) is 8.08. The maximum Gasteiger partial charge on any atom is 0.410 e. The Morgan fingerprint density at radius 2 is 2.04 bits per heavy atom. The van der Waals surface area contributed by atoms with E-state index in [0.29, 0.717) is 18.9 Å². The fourth-order valence-electron chi connectivity index (χ4n) is 2.58. The Morgan fingerprint density at radius 3 is 2.64 bits per heavy atom. The van der Waals surface area contributed by atoms with Crippen molar-refractivity contribution < 1.29 is 19.4 Å². The van der Waals surface area contributed by atoms with Gasteiger partial charge in [0.1, 0.15) is 22.3 Å². The molecule has 0 unspecified atom stereocenters. The summed E-state index contributed by atoms with van der Waals surface area (Å²) in [6, 6.07) is -0.102. The molecule has 0 spiro atoms. The molecule has 1 aliphatic heterocycles. The molecule has 8 nitrogen and oxygen atoms in total. The van der Waals surface area contributed by atoms with Crippen LogP contribution < -0.4 is 5.32 Å². The molecule has 0 radical (unpaired) electrons. The van der Waals surface area contributed by atoms with Crippen LogP contribution in [0.15, 0.2) is 0 Å². The molecule has 2 heterocycles. The molecule has 2 N–H and O–H groups in total. The number of aryl methyl sites for hydroxylation is 1. The number of likely N-dealkylation sites (tertiary alicyclic amines) is 1. The standard InChI is InChI=1S/C16H23ClN4O4/c1-9-18-12(14(22)23)11(17)13(19-9)20-10-6-5-7-21(8-10)15(24)25-16(2,3)4/h10H,5-8H2,1-4H3,(H,22,23)(H,18,19,20)/t10-/m0/s1. The van der Waals surface area contributed by atoms with E-state index in [-0.39, 0.29) is 28.7 Å². The molecular weight excluding hydrogens is 348 g/mol. The Balaban J connectivity index is 2.11. The molecule has 1 atom stereocenters. The lowest BCUT2D eigenvalue weighted by Gasteiger charge is -2.34. The van der Waals surface area contributed by atoms with Crippen LogP contribution in [0, 0.1) is 6.92 Å². The highest BCUT2D eigenvalue weighted by Gasteiger charge is 2.28. The normalized spacial score (nSPS) is 18.0. The molecule has 25 heavy (non-hydrogen) atoms.